The Kier molecular flexibility index (Phi) is 8.95. The van der Waals surface area contributed by atoms with E-state index in [1.165, 1.54) is 11.3 Å². The zero-order valence-electron chi connectivity index (χ0n) is 19.5. The predicted octanol–water partition coefficient (Wildman–Crippen LogP) is 2.35. The van der Waals surface area contributed by atoms with E-state index >= 15 is 0 Å². The van der Waals surface area contributed by atoms with E-state index in [1.54, 1.807) is 0 Å². The smallest absolute Gasteiger partial charge is 0.258 e. The van der Waals surface area contributed by atoms with Gasteiger partial charge in [0, 0.05) is 37.9 Å². The van der Waals surface area contributed by atoms with E-state index in [2.05, 4.69) is 46.0 Å². The number of aromatic nitrogens is 2. The number of benzene rings is 1. The summed E-state index contributed by atoms with van der Waals surface area (Å²) >= 11 is 0. The van der Waals surface area contributed by atoms with E-state index in [9.17, 15) is 4.79 Å². The number of aryl methyl sites for hydroxylation is 3. The van der Waals surface area contributed by atoms with Crippen molar-refractivity contribution >= 4 is 11.9 Å². The monoisotopic (exact) mass is 440 g/mol. The largest absolute Gasteiger partial charge is 0.484 e. The lowest BCUT2D eigenvalue weighted by atomic mass is 10.1. The first-order valence-electron chi connectivity index (χ1n) is 11.6. The van der Waals surface area contributed by atoms with Crippen molar-refractivity contribution in [2.75, 3.05) is 26.2 Å². The molecule has 0 spiro atoms. The summed E-state index contributed by atoms with van der Waals surface area (Å²) in [5.41, 5.74) is 3.45. The van der Waals surface area contributed by atoms with Crippen molar-refractivity contribution < 1.29 is 9.53 Å². The van der Waals surface area contributed by atoms with Gasteiger partial charge in [0.2, 0.25) is 0 Å². The van der Waals surface area contributed by atoms with E-state index in [0.29, 0.717) is 11.8 Å². The van der Waals surface area contributed by atoms with E-state index in [1.807, 2.05) is 35.9 Å². The molecule has 3 N–H and O–H groups in total. The number of aliphatic imine (C=N–C) groups is 1. The maximum absolute atomic E-state index is 11.7. The van der Waals surface area contributed by atoms with Crippen LogP contribution in [-0.2, 0) is 17.8 Å². The first kappa shape index (κ1) is 23.6. The van der Waals surface area contributed by atoms with Gasteiger partial charge in [0.05, 0.1) is 5.69 Å². The van der Waals surface area contributed by atoms with Crippen LogP contribution < -0.4 is 20.7 Å². The molecule has 1 fully saturated rings. The number of ether oxygens (including phenoxy) is 1. The summed E-state index contributed by atoms with van der Waals surface area (Å²) in [6, 6.07) is 10.4. The molecule has 1 amide bonds. The molecule has 3 rings (SSSR count). The molecule has 0 atom stereocenters. The highest BCUT2D eigenvalue weighted by Gasteiger charge is 2.23. The summed E-state index contributed by atoms with van der Waals surface area (Å²) in [6.07, 6.45) is 3.98. The zero-order chi connectivity index (χ0) is 22.8. The van der Waals surface area contributed by atoms with Crippen LogP contribution >= 0.6 is 0 Å². The van der Waals surface area contributed by atoms with Gasteiger partial charge in [0.1, 0.15) is 5.75 Å². The van der Waals surface area contributed by atoms with Crippen molar-refractivity contribution in [2.24, 2.45) is 4.99 Å². The average Bonchev–Trinajstić information content (AvgIpc) is 3.52. The third-order valence-electron chi connectivity index (χ3n) is 5.19. The van der Waals surface area contributed by atoms with Crippen LogP contribution in [0.3, 0.4) is 0 Å². The minimum atomic E-state index is -0.0501. The molecule has 0 radical (unpaired) electrons. The quantitative estimate of drug-likeness (QED) is 0.268. The Balaban J connectivity index is 1.35. The maximum Gasteiger partial charge on any atom is 0.258 e. The van der Waals surface area contributed by atoms with Gasteiger partial charge in [-0.25, -0.2) is 0 Å². The van der Waals surface area contributed by atoms with Crippen LogP contribution in [0.25, 0.3) is 0 Å². The number of hydrogen-bond donors (Lipinski definition) is 3. The second-order valence-electron chi connectivity index (χ2n) is 8.22. The molecule has 8 heteroatoms. The van der Waals surface area contributed by atoms with Crippen molar-refractivity contribution in [3.8, 4) is 5.75 Å². The van der Waals surface area contributed by atoms with Gasteiger partial charge in [-0.05, 0) is 70.2 Å². The molecule has 1 aromatic carbocycles. The number of carbonyl (C=O) groups excluding carboxylic acids is 1. The predicted molar refractivity (Wildman–Crippen MR) is 127 cm³/mol. The molecular weight excluding hydrogens is 404 g/mol. The molecule has 0 aliphatic heterocycles. The molecule has 2 aromatic rings. The fourth-order valence-electron chi connectivity index (χ4n) is 3.38. The molecule has 1 aromatic heterocycles. The number of guanidine groups is 1. The summed E-state index contributed by atoms with van der Waals surface area (Å²) in [4.78, 5) is 16.4. The second kappa shape index (κ2) is 12.1. The van der Waals surface area contributed by atoms with Crippen LogP contribution in [0.1, 0.15) is 43.1 Å². The van der Waals surface area contributed by atoms with E-state index in [-0.39, 0.29) is 12.5 Å². The summed E-state index contributed by atoms with van der Waals surface area (Å²) in [7, 11) is 0. The third kappa shape index (κ3) is 8.24. The van der Waals surface area contributed by atoms with Crippen LogP contribution in [-0.4, -0.2) is 53.9 Å². The third-order valence-corrected chi connectivity index (χ3v) is 5.19. The lowest BCUT2D eigenvalue weighted by molar-refractivity contribution is -0.123. The standard InChI is InChI=1S/C24H36N6O2/c1-4-25-24(26-13-5-15-30-19(3)16-18(2)29-30)27-14-12-20-6-10-22(11-7-20)32-17-23(31)28-21-8-9-21/h6-7,10-11,16,21H,4-5,8-9,12-15,17H2,1-3H3,(H,28,31)(H2,25,26,27). The van der Waals surface area contributed by atoms with Crippen molar-refractivity contribution in [2.45, 2.75) is 59.0 Å². The van der Waals surface area contributed by atoms with Crippen LogP contribution in [0, 0.1) is 13.8 Å². The van der Waals surface area contributed by atoms with E-state index in [4.69, 9.17) is 4.74 Å². The number of amides is 1. The lowest BCUT2D eigenvalue weighted by Crippen LogP contribution is -2.38. The fraction of sp³-hybridized carbons (Fsp3) is 0.542. The Bertz CT molecular complexity index is 886. The van der Waals surface area contributed by atoms with Gasteiger partial charge in [0.15, 0.2) is 12.6 Å². The van der Waals surface area contributed by atoms with E-state index in [0.717, 1.165) is 63.5 Å². The lowest BCUT2D eigenvalue weighted by Gasteiger charge is -2.12. The number of hydrogen-bond acceptors (Lipinski definition) is 4. The molecule has 174 valence electrons. The highest BCUT2D eigenvalue weighted by Crippen LogP contribution is 2.18. The van der Waals surface area contributed by atoms with Crippen LogP contribution in [0.4, 0.5) is 0 Å². The molecule has 0 bridgehead atoms. The summed E-state index contributed by atoms with van der Waals surface area (Å²) in [6.45, 7) is 9.46. The molecule has 0 unspecified atom stereocenters. The minimum Gasteiger partial charge on any atom is -0.484 e. The van der Waals surface area contributed by atoms with Crippen molar-refractivity contribution in [1.29, 1.82) is 0 Å². The molecule has 32 heavy (non-hydrogen) atoms. The highest BCUT2D eigenvalue weighted by molar-refractivity contribution is 5.79. The summed E-state index contributed by atoms with van der Waals surface area (Å²) < 4.78 is 7.60. The van der Waals surface area contributed by atoms with Crippen LogP contribution in [0.15, 0.2) is 35.3 Å². The van der Waals surface area contributed by atoms with Crippen molar-refractivity contribution in [1.82, 2.24) is 25.7 Å². The minimum absolute atomic E-state index is 0.0501. The van der Waals surface area contributed by atoms with Gasteiger partial charge in [-0.3, -0.25) is 14.5 Å². The van der Waals surface area contributed by atoms with E-state index < -0.39 is 0 Å². The fourth-order valence-corrected chi connectivity index (χ4v) is 3.38. The molecule has 1 aliphatic carbocycles. The zero-order valence-corrected chi connectivity index (χ0v) is 19.5. The van der Waals surface area contributed by atoms with Gasteiger partial charge < -0.3 is 20.7 Å². The molecule has 1 heterocycles. The Labute approximate surface area is 190 Å². The molecule has 0 saturated heterocycles. The Morgan fingerprint density at radius 3 is 2.66 bits per heavy atom. The van der Waals surface area contributed by atoms with Crippen molar-refractivity contribution in [3.63, 3.8) is 0 Å². The topological polar surface area (TPSA) is 92.6 Å². The van der Waals surface area contributed by atoms with Gasteiger partial charge in [-0.15, -0.1) is 0 Å². The van der Waals surface area contributed by atoms with Gasteiger partial charge in [0.25, 0.3) is 5.91 Å². The number of nitrogens with one attached hydrogen (secondary N) is 3. The average molecular weight is 441 g/mol. The molecule has 1 saturated carbocycles. The number of nitrogens with zero attached hydrogens (tertiary/aromatic N) is 3. The molecule has 8 nitrogen and oxygen atoms in total. The highest BCUT2D eigenvalue weighted by atomic mass is 16.5. The molecular formula is C24H36N6O2. The number of rotatable bonds is 12. The Morgan fingerprint density at radius 1 is 1.22 bits per heavy atom. The maximum atomic E-state index is 11.7. The first-order valence-corrected chi connectivity index (χ1v) is 11.6. The van der Waals surface area contributed by atoms with Crippen LogP contribution in [0.5, 0.6) is 5.75 Å². The van der Waals surface area contributed by atoms with Gasteiger partial charge >= 0.3 is 0 Å². The molecule has 1 aliphatic rings. The van der Waals surface area contributed by atoms with Crippen LogP contribution in [0.2, 0.25) is 0 Å². The first-order chi connectivity index (χ1) is 15.5. The van der Waals surface area contributed by atoms with Crippen molar-refractivity contribution in [3.05, 3.63) is 47.3 Å². The Hall–Kier alpha value is -3.03. The second-order valence-corrected chi connectivity index (χ2v) is 8.22. The number of carbonyl (C=O) groups is 1. The Morgan fingerprint density at radius 2 is 2.00 bits per heavy atom. The summed E-state index contributed by atoms with van der Waals surface area (Å²) in [5.74, 6) is 1.50. The van der Waals surface area contributed by atoms with Gasteiger partial charge in [-0.1, -0.05) is 12.1 Å². The SMILES string of the molecule is CCNC(=NCCCn1nc(C)cc1C)NCCc1ccc(OCC(=O)NC2CC2)cc1. The normalized spacial score (nSPS) is 13.7. The summed E-state index contributed by atoms with van der Waals surface area (Å²) in [5, 5.41) is 14.1. The van der Waals surface area contributed by atoms with Gasteiger partial charge in [-0.2, -0.15) is 5.10 Å².